The number of benzene rings is 2. The van der Waals surface area contributed by atoms with Gasteiger partial charge in [0.25, 0.3) is 0 Å². The summed E-state index contributed by atoms with van der Waals surface area (Å²) in [5.74, 6) is 2.61. The van der Waals surface area contributed by atoms with Crippen LogP contribution >= 0.6 is 23.2 Å². The first-order valence-electron chi connectivity index (χ1n) is 12.0. The molecule has 1 heterocycles. The number of allylic oxidation sites excluding steroid dienone is 1. The van der Waals surface area contributed by atoms with Crippen LogP contribution in [0.4, 0.5) is 0 Å². The molecular weight excluding hydrogens is 455 g/mol. The van der Waals surface area contributed by atoms with Crippen molar-refractivity contribution in [3.05, 3.63) is 69.9 Å². The van der Waals surface area contributed by atoms with E-state index in [2.05, 4.69) is 40.3 Å². The second kappa shape index (κ2) is 13.2. The van der Waals surface area contributed by atoms with Gasteiger partial charge in [-0.1, -0.05) is 88.9 Å². The summed E-state index contributed by atoms with van der Waals surface area (Å²) in [5, 5.41) is 9.90. The van der Waals surface area contributed by atoms with Crippen LogP contribution in [0.1, 0.15) is 77.3 Å². The number of aliphatic hydroxyl groups is 1. The van der Waals surface area contributed by atoms with E-state index in [1.807, 2.05) is 30.3 Å². The Morgan fingerprint density at radius 3 is 2.27 bits per heavy atom. The Labute approximate surface area is 209 Å². The predicted molar refractivity (Wildman–Crippen MR) is 140 cm³/mol. The molecule has 1 unspecified atom stereocenters. The highest BCUT2D eigenvalue weighted by Crippen LogP contribution is 2.46. The Kier molecular flexibility index (Phi) is 10.9. The highest BCUT2D eigenvalue weighted by atomic mass is 35.5. The number of halogens is 2. The average Bonchev–Trinajstić information content (AvgIpc) is 3.11. The van der Waals surface area contributed by atoms with E-state index >= 15 is 0 Å². The Balaban J connectivity index is 0.000000414. The number of hydrogen-bond acceptors (Lipinski definition) is 3. The fraction of sp³-hybridized carbons (Fsp3) is 0.500. The van der Waals surface area contributed by atoms with Gasteiger partial charge in [-0.3, -0.25) is 0 Å². The molecule has 3 rings (SSSR count). The molecule has 0 saturated heterocycles. The van der Waals surface area contributed by atoms with Crippen LogP contribution in [0.15, 0.2) is 48.7 Å². The maximum absolute atomic E-state index is 8.66. The van der Waals surface area contributed by atoms with E-state index in [1.165, 1.54) is 5.56 Å². The zero-order chi connectivity index (χ0) is 24.4. The van der Waals surface area contributed by atoms with Crippen molar-refractivity contribution in [3.63, 3.8) is 0 Å². The standard InChI is InChI=1S/C21H24Cl2O2.C7H14O/c1-3-10-21(11-4-2)14-25-20-12-15(8-9-17(20)21)24-13-16-18(22)6-5-7-19(16)23;1-4-6(2)5-7(3)8/h5-9,12H,3-4,10-11,13-14H2,1-2H3;6,8H,3-5H2,1-2H3. The Bertz CT molecular complexity index is 884. The molecular formula is C28H38Cl2O3. The number of fused-ring (bicyclic) bond motifs is 1. The van der Waals surface area contributed by atoms with Crippen molar-refractivity contribution >= 4 is 23.2 Å². The predicted octanol–water partition coefficient (Wildman–Crippen LogP) is 9.30. The van der Waals surface area contributed by atoms with E-state index in [0.29, 0.717) is 28.3 Å². The summed E-state index contributed by atoms with van der Waals surface area (Å²) in [7, 11) is 0. The highest BCUT2D eigenvalue weighted by Gasteiger charge is 2.39. The first kappa shape index (κ1) is 27.4. The molecule has 0 spiro atoms. The molecule has 0 aliphatic carbocycles. The minimum Gasteiger partial charge on any atom is -0.513 e. The summed E-state index contributed by atoms with van der Waals surface area (Å²) in [6.45, 7) is 13.2. The van der Waals surface area contributed by atoms with Gasteiger partial charge in [0, 0.05) is 39.1 Å². The van der Waals surface area contributed by atoms with Crippen LogP contribution in [-0.4, -0.2) is 11.7 Å². The van der Waals surface area contributed by atoms with Crippen LogP contribution in [0.3, 0.4) is 0 Å². The van der Waals surface area contributed by atoms with E-state index in [-0.39, 0.29) is 5.41 Å². The summed E-state index contributed by atoms with van der Waals surface area (Å²) in [4.78, 5) is 0. The van der Waals surface area contributed by atoms with Crippen molar-refractivity contribution in [2.45, 2.75) is 78.2 Å². The van der Waals surface area contributed by atoms with Gasteiger partial charge in [0.1, 0.15) is 18.1 Å². The Hall–Kier alpha value is -1.84. The number of aliphatic hydroxyl groups excluding tert-OH is 1. The molecule has 5 heteroatoms. The average molecular weight is 494 g/mol. The van der Waals surface area contributed by atoms with Gasteiger partial charge in [-0.2, -0.15) is 0 Å². The minimum absolute atomic E-state index is 0.156. The summed E-state index contributed by atoms with van der Waals surface area (Å²) in [5.41, 5.74) is 2.28. The quantitative estimate of drug-likeness (QED) is 0.335. The van der Waals surface area contributed by atoms with Gasteiger partial charge in [-0.05, 0) is 37.0 Å². The second-order valence-corrected chi connectivity index (χ2v) is 9.81. The highest BCUT2D eigenvalue weighted by molar-refractivity contribution is 6.35. The van der Waals surface area contributed by atoms with E-state index in [9.17, 15) is 0 Å². The van der Waals surface area contributed by atoms with Gasteiger partial charge in [0.2, 0.25) is 0 Å². The van der Waals surface area contributed by atoms with Crippen LogP contribution < -0.4 is 9.47 Å². The first-order valence-corrected chi connectivity index (χ1v) is 12.7. The SMILES string of the molecule is C=C(O)CC(C)CC.CCCC1(CCC)COc2cc(OCc3c(Cl)cccc3Cl)ccc21. The normalized spacial score (nSPS) is 14.5. The molecule has 182 valence electrons. The topological polar surface area (TPSA) is 38.7 Å². The van der Waals surface area contributed by atoms with Crippen molar-refractivity contribution in [2.75, 3.05) is 6.61 Å². The van der Waals surface area contributed by atoms with Gasteiger partial charge >= 0.3 is 0 Å². The molecule has 3 nitrogen and oxygen atoms in total. The van der Waals surface area contributed by atoms with Crippen LogP contribution in [0.2, 0.25) is 10.0 Å². The fourth-order valence-corrected chi connectivity index (χ4v) is 4.82. The fourth-order valence-electron chi connectivity index (χ4n) is 4.31. The summed E-state index contributed by atoms with van der Waals surface area (Å²) in [6, 6.07) is 11.7. The zero-order valence-corrected chi connectivity index (χ0v) is 21.9. The molecule has 0 radical (unpaired) electrons. The molecule has 0 aromatic heterocycles. The Morgan fingerprint density at radius 1 is 1.12 bits per heavy atom. The van der Waals surface area contributed by atoms with Crippen LogP contribution in [0, 0.1) is 5.92 Å². The lowest BCUT2D eigenvalue weighted by molar-refractivity contribution is 0.238. The van der Waals surface area contributed by atoms with E-state index < -0.39 is 0 Å². The zero-order valence-electron chi connectivity index (χ0n) is 20.4. The number of ether oxygens (including phenoxy) is 2. The largest absolute Gasteiger partial charge is 0.513 e. The van der Waals surface area contributed by atoms with E-state index in [4.69, 9.17) is 37.8 Å². The van der Waals surface area contributed by atoms with Crippen molar-refractivity contribution in [3.8, 4) is 11.5 Å². The van der Waals surface area contributed by atoms with E-state index in [1.54, 1.807) is 0 Å². The maximum Gasteiger partial charge on any atom is 0.126 e. The van der Waals surface area contributed by atoms with Gasteiger partial charge in [0.15, 0.2) is 0 Å². The third kappa shape index (κ3) is 7.58. The van der Waals surface area contributed by atoms with Crippen molar-refractivity contribution < 1.29 is 14.6 Å². The van der Waals surface area contributed by atoms with Crippen molar-refractivity contribution in [2.24, 2.45) is 5.92 Å². The lowest BCUT2D eigenvalue weighted by atomic mass is 9.75. The van der Waals surface area contributed by atoms with Crippen LogP contribution in [-0.2, 0) is 12.0 Å². The van der Waals surface area contributed by atoms with Gasteiger partial charge < -0.3 is 14.6 Å². The Morgan fingerprint density at radius 2 is 1.76 bits per heavy atom. The third-order valence-electron chi connectivity index (χ3n) is 6.21. The smallest absolute Gasteiger partial charge is 0.126 e. The summed E-state index contributed by atoms with van der Waals surface area (Å²) < 4.78 is 11.9. The van der Waals surface area contributed by atoms with Crippen molar-refractivity contribution in [1.29, 1.82) is 0 Å². The van der Waals surface area contributed by atoms with E-state index in [0.717, 1.165) is 62.2 Å². The summed E-state index contributed by atoms with van der Waals surface area (Å²) in [6.07, 6.45) is 6.49. The first-order chi connectivity index (χ1) is 15.8. The number of hydrogen-bond donors (Lipinski definition) is 1. The van der Waals surface area contributed by atoms with Crippen LogP contribution in [0.25, 0.3) is 0 Å². The lowest BCUT2D eigenvalue weighted by Gasteiger charge is -2.27. The van der Waals surface area contributed by atoms with Crippen molar-refractivity contribution in [1.82, 2.24) is 0 Å². The molecule has 2 aromatic carbocycles. The summed E-state index contributed by atoms with van der Waals surface area (Å²) >= 11 is 12.4. The molecule has 1 atom stereocenters. The molecule has 1 aliphatic rings. The monoisotopic (exact) mass is 492 g/mol. The third-order valence-corrected chi connectivity index (χ3v) is 6.92. The second-order valence-electron chi connectivity index (χ2n) is 9.00. The molecule has 0 fully saturated rings. The molecule has 1 N–H and O–H groups in total. The molecule has 0 saturated carbocycles. The molecule has 2 aromatic rings. The van der Waals surface area contributed by atoms with Gasteiger partial charge in [-0.15, -0.1) is 0 Å². The molecule has 33 heavy (non-hydrogen) atoms. The van der Waals surface area contributed by atoms with Crippen LogP contribution in [0.5, 0.6) is 11.5 Å². The van der Waals surface area contributed by atoms with Gasteiger partial charge in [0.05, 0.1) is 12.4 Å². The molecule has 1 aliphatic heterocycles. The van der Waals surface area contributed by atoms with Gasteiger partial charge in [-0.25, -0.2) is 0 Å². The minimum atomic E-state index is 0.156. The molecule has 0 amide bonds. The number of rotatable bonds is 10. The molecule has 0 bridgehead atoms. The lowest BCUT2D eigenvalue weighted by Crippen LogP contribution is -2.27. The maximum atomic E-state index is 8.66.